The Labute approximate surface area is 207 Å². The van der Waals surface area contributed by atoms with Crippen LogP contribution in [0, 0.1) is 13.8 Å². The van der Waals surface area contributed by atoms with Crippen LogP contribution in [-0.2, 0) is 12.8 Å². The lowest BCUT2D eigenvalue weighted by Gasteiger charge is -2.36. The molecule has 0 aliphatic carbocycles. The van der Waals surface area contributed by atoms with Gasteiger partial charge in [0.15, 0.2) is 0 Å². The number of fused-ring (bicyclic) bond motifs is 1. The molecule has 0 unspecified atom stereocenters. The molecule has 35 heavy (non-hydrogen) atoms. The molecule has 0 N–H and O–H groups in total. The minimum absolute atomic E-state index is 0.100. The molecule has 1 amide bonds. The van der Waals surface area contributed by atoms with Gasteiger partial charge in [0.25, 0.3) is 5.91 Å². The quantitative estimate of drug-likeness (QED) is 0.399. The number of carbonyl (C=O) groups is 1. The molecule has 0 bridgehead atoms. The average Bonchev–Trinajstić information content (AvgIpc) is 2.90. The van der Waals surface area contributed by atoms with E-state index < -0.39 is 0 Å². The summed E-state index contributed by atoms with van der Waals surface area (Å²) in [5, 5.41) is 2.25. The Balaban J connectivity index is 1.35. The molecule has 0 saturated carbocycles. The number of aromatic nitrogens is 2. The monoisotopic (exact) mass is 464 g/mol. The molecule has 0 spiro atoms. The third kappa shape index (κ3) is 4.90. The van der Waals surface area contributed by atoms with Crippen molar-refractivity contribution in [2.24, 2.45) is 0 Å². The topological polar surface area (TPSA) is 49.3 Å². The lowest BCUT2D eigenvalue weighted by Crippen LogP contribution is -2.49. The highest BCUT2D eigenvalue weighted by Gasteiger charge is 2.26. The van der Waals surface area contributed by atoms with Crippen molar-refractivity contribution in [3.63, 3.8) is 0 Å². The summed E-state index contributed by atoms with van der Waals surface area (Å²) in [6.45, 7) is 9.13. The van der Waals surface area contributed by atoms with Crippen molar-refractivity contribution >= 4 is 22.5 Å². The molecule has 1 aromatic heterocycles. The van der Waals surface area contributed by atoms with Crippen LogP contribution in [0.25, 0.3) is 10.8 Å². The van der Waals surface area contributed by atoms with Crippen molar-refractivity contribution in [3.8, 4) is 0 Å². The van der Waals surface area contributed by atoms with Crippen LogP contribution in [0.3, 0.4) is 0 Å². The molecule has 0 radical (unpaired) electrons. The molecule has 178 valence electrons. The fourth-order valence-electron chi connectivity index (χ4n) is 4.91. The molecular weight excluding hydrogens is 432 g/mol. The maximum absolute atomic E-state index is 13.3. The highest BCUT2D eigenvalue weighted by Crippen LogP contribution is 2.27. The first-order valence-electron chi connectivity index (χ1n) is 12.5. The number of hydrogen-bond acceptors (Lipinski definition) is 4. The largest absolute Gasteiger partial charge is 0.353 e. The van der Waals surface area contributed by atoms with Crippen molar-refractivity contribution in [1.82, 2.24) is 14.9 Å². The molecule has 5 rings (SSSR count). The SMILES string of the molecule is CCc1nc(C)nc(N2CCN(C(=O)c3ccc4ccccc4c3)CC2)c1Cc1ccc(C)cc1. The molecule has 4 aromatic rings. The first-order valence-corrected chi connectivity index (χ1v) is 12.5. The molecule has 5 heteroatoms. The fourth-order valence-corrected chi connectivity index (χ4v) is 4.91. The van der Waals surface area contributed by atoms with E-state index in [4.69, 9.17) is 9.97 Å². The summed E-state index contributed by atoms with van der Waals surface area (Å²) in [6, 6.07) is 22.9. The lowest BCUT2D eigenvalue weighted by atomic mass is 10.0. The second-order valence-corrected chi connectivity index (χ2v) is 9.38. The number of benzene rings is 3. The third-order valence-electron chi connectivity index (χ3n) is 6.88. The fraction of sp³-hybridized carbons (Fsp3) is 0.300. The number of piperazine rings is 1. The van der Waals surface area contributed by atoms with E-state index in [1.807, 2.05) is 42.2 Å². The zero-order valence-corrected chi connectivity index (χ0v) is 20.8. The summed E-state index contributed by atoms with van der Waals surface area (Å²) in [5.41, 5.74) is 5.60. The molecule has 1 aliphatic rings. The number of nitrogens with zero attached hydrogens (tertiary/aromatic N) is 4. The van der Waals surface area contributed by atoms with Gasteiger partial charge in [0.2, 0.25) is 0 Å². The van der Waals surface area contributed by atoms with Gasteiger partial charge in [-0.25, -0.2) is 9.97 Å². The van der Waals surface area contributed by atoms with E-state index in [0.29, 0.717) is 13.1 Å². The molecule has 0 atom stereocenters. The van der Waals surface area contributed by atoms with Gasteiger partial charge in [-0.15, -0.1) is 0 Å². The van der Waals surface area contributed by atoms with Crippen LogP contribution >= 0.6 is 0 Å². The van der Waals surface area contributed by atoms with Gasteiger partial charge in [0, 0.05) is 49.4 Å². The lowest BCUT2D eigenvalue weighted by molar-refractivity contribution is 0.0746. The van der Waals surface area contributed by atoms with E-state index in [1.165, 1.54) is 16.7 Å². The number of rotatable bonds is 5. The van der Waals surface area contributed by atoms with Gasteiger partial charge in [-0.3, -0.25) is 4.79 Å². The van der Waals surface area contributed by atoms with Crippen LogP contribution in [-0.4, -0.2) is 47.0 Å². The number of aryl methyl sites for hydroxylation is 3. The molecule has 5 nitrogen and oxygen atoms in total. The minimum Gasteiger partial charge on any atom is -0.353 e. The highest BCUT2D eigenvalue weighted by molar-refractivity contribution is 5.98. The highest BCUT2D eigenvalue weighted by atomic mass is 16.2. The van der Waals surface area contributed by atoms with Gasteiger partial charge in [0.1, 0.15) is 11.6 Å². The van der Waals surface area contributed by atoms with Crippen molar-refractivity contribution in [3.05, 3.63) is 101 Å². The second kappa shape index (κ2) is 9.87. The van der Waals surface area contributed by atoms with Gasteiger partial charge in [-0.2, -0.15) is 0 Å². The number of carbonyl (C=O) groups excluding carboxylic acids is 1. The maximum atomic E-state index is 13.3. The normalized spacial score (nSPS) is 13.9. The Morgan fingerprint density at radius 1 is 0.857 bits per heavy atom. The first kappa shape index (κ1) is 23.0. The molecule has 2 heterocycles. The standard InChI is InChI=1S/C30H32N4O/c1-4-28-27(19-23-11-9-21(2)10-12-23)29(32-22(3)31-28)33-15-17-34(18-16-33)30(35)26-14-13-24-7-5-6-8-25(24)20-26/h5-14,20H,4,15-19H2,1-3H3. The van der Waals surface area contributed by atoms with Crippen LogP contribution in [0.4, 0.5) is 5.82 Å². The average molecular weight is 465 g/mol. The Kier molecular flexibility index (Phi) is 6.49. The minimum atomic E-state index is 0.100. The maximum Gasteiger partial charge on any atom is 0.253 e. The van der Waals surface area contributed by atoms with Crippen molar-refractivity contribution in [1.29, 1.82) is 0 Å². The van der Waals surface area contributed by atoms with Gasteiger partial charge in [-0.1, -0.05) is 67.1 Å². The van der Waals surface area contributed by atoms with Crippen LogP contribution < -0.4 is 4.90 Å². The van der Waals surface area contributed by atoms with E-state index in [2.05, 4.69) is 55.1 Å². The van der Waals surface area contributed by atoms with E-state index in [1.54, 1.807) is 0 Å². The van der Waals surface area contributed by atoms with Crippen LogP contribution in [0.5, 0.6) is 0 Å². The van der Waals surface area contributed by atoms with Gasteiger partial charge < -0.3 is 9.80 Å². The number of hydrogen-bond donors (Lipinski definition) is 0. The molecule has 1 saturated heterocycles. The summed E-state index contributed by atoms with van der Waals surface area (Å²) in [6.07, 6.45) is 1.69. The second-order valence-electron chi connectivity index (χ2n) is 9.38. The predicted molar refractivity (Wildman–Crippen MR) is 142 cm³/mol. The van der Waals surface area contributed by atoms with Crippen LogP contribution in [0.2, 0.25) is 0 Å². The smallest absolute Gasteiger partial charge is 0.253 e. The van der Waals surface area contributed by atoms with E-state index in [-0.39, 0.29) is 5.91 Å². The van der Waals surface area contributed by atoms with E-state index in [9.17, 15) is 4.79 Å². The van der Waals surface area contributed by atoms with Crippen LogP contribution in [0.1, 0.15) is 45.5 Å². The molecule has 1 aliphatic heterocycles. The van der Waals surface area contributed by atoms with Gasteiger partial charge >= 0.3 is 0 Å². The van der Waals surface area contributed by atoms with Crippen molar-refractivity contribution < 1.29 is 4.79 Å². The Bertz CT molecular complexity index is 1350. The van der Waals surface area contributed by atoms with E-state index in [0.717, 1.165) is 59.6 Å². The Hall–Kier alpha value is -3.73. The van der Waals surface area contributed by atoms with E-state index >= 15 is 0 Å². The molecular formula is C30H32N4O. The predicted octanol–water partition coefficient (Wildman–Crippen LogP) is 5.36. The summed E-state index contributed by atoms with van der Waals surface area (Å²) < 4.78 is 0. The summed E-state index contributed by atoms with van der Waals surface area (Å²) in [5.74, 6) is 1.93. The Morgan fingerprint density at radius 2 is 1.57 bits per heavy atom. The van der Waals surface area contributed by atoms with Gasteiger partial charge in [0.05, 0.1) is 0 Å². The molecule has 1 fully saturated rings. The third-order valence-corrected chi connectivity index (χ3v) is 6.88. The number of amides is 1. The Morgan fingerprint density at radius 3 is 2.29 bits per heavy atom. The van der Waals surface area contributed by atoms with Crippen LogP contribution in [0.15, 0.2) is 66.7 Å². The summed E-state index contributed by atoms with van der Waals surface area (Å²) in [7, 11) is 0. The van der Waals surface area contributed by atoms with Crippen molar-refractivity contribution in [2.75, 3.05) is 31.1 Å². The zero-order chi connectivity index (χ0) is 24.4. The summed E-state index contributed by atoms with van der Waals surface area (Å²) >= 11 is 0. The summed E-state index contributed by atoms with van der Waals surface area (Å²) in [4.78, 5) is 27.2. The molecule has 3 aromatic carbocycles. The number of anilines is 1. The van der Waals surface area contributed by atoms with Crippen molar-refractivity contribution in [2.45, 2.75) is 33.6 Å². The first-order chi connectivity index (χ1) is 17.0. The zero-order valence-electron chi connectivity index (χ0n) is 20.8. The van der Waals surface area contributed by atoms with Gasteiger partial charge in [-0.05, 0) is 48.7 Å².